The molecule has 14 heavy (non-hydrogen) atoms. The van der Waals surface area contributed by atoms with Gasteiger partial charge in [0.05, 0.1) is 5.75 Å². The van der Waals surface area contributed by atoms with Crippen molar-refractivity contribution in [2.75, 3.05) is 5.75 Å². The zero-order valence-electron chi connectivity index (χ0n) is 8.50. The Labute approximate surface area is 90.1 Å². The molecule has 0 atom stereocenters. The third-order valence-corrected chi connectivity index (χ3v) is 2.40. The van der Waals surface area contributed by atoms with E-state index in [0.29, 0.717) is 6.54 Å². The van der Waals surface area contributed by atoms with Crippen molar-refractivity contribution >= 4 is 18.5 Å². The molecule has 0 aliphatic carbocycles. The fourth-order valence-electron chi connectivity index (χ4n) is 1.29. The van der Waals surface area contributed by atoms with Crippen LogP contribution in [0.25, 0.3) is 0 Å². The van der Waals surface area contributed by atoms with Crippen LogP contribution in [-0.4, -0.2) is 11.7 Å². The lowest BCUT2D eigenvalue weighted by atomic mass is 10.1. The van der Waals surface area contributed by atoms with E-state index < -0.39 is 0 Å². The summed E-state index contributed by atoms with van der Waals surface area (Å²) in [4.78, 5) is 11.0. The maximum atomic E-state index is 11.0. The number of rotatable bonds is 3. The molecule has 3 heteroatoms. The Hall–Kier alpha value is -0.960. The number of carbonyl (C=O) groups is 1. The molecule has 0 aromatic heterocycles. The predicted octanol–water partition coefficient (Wildman–Crippen LogP) is 1.85. The topological polar surface area (TPSA) is 29.1 Å². The van der Waals surface area contributed by atoms with Gasteiger partial charge in [0.15, 0.2) is 0 Å². The van der Waals surface area contributed by atoms with Gasteiger partial charge < -0.3 is 5.32 Å². The van der Waals surface area contributed by atoms with Gasteiger partial charge in [-0.25, -0.2) is 0 Å². The first-order valence-electron chi connectivity index (χ1n) is 4.57. The van der Waals surface area contributed by atoms with Gasteiger partial charge >= 0.3 is 0 Å². The van der Waals surface area contributed by atoms with Gasteiger partial charge in [-0.15, -0.1) is 0 Å². The van der Waals surface area contributed by atoms with Crippen molar-refractivity contribution < 1.29 is 4.79 Å². The van der Waals surface area contributed by atoms with Crippen LogP contribution in [0.5, 0.6) is 0 Å². The molecule has 1 aromatic carbocycles. The van der Waals surface area contributed by atoms with Crippen LogP contribution in [0.15, 0.2) is 18.2 Å². The fourth-order valence-corrected chi connectivity index (χ4v) is 1.41. The summed E-state index contributed by atoms with van der Waals surface area (Å²) in [7, 11) is 0. The molecule has 0 aliphatic rings. The number of benzene rings is 1. The SMILES string of the molecule is Cc1ccc(CNC(=O)CS)c(C)c1. The van der Waals surface area contributed by atoms with Crippen LogP contribution in [-0.2, 0) is 11.3 Å². The van der Waals surface area contributed by atoms with E-state index in [-0.39, 0.29) is 11.7 Å². The van der Waals surface area contributed by atoms with E-state index >= 15 is 0 Å². The highest BCUT2D eigenvalue weighted by atomic mass is 32.1. The van der Waals surface area contributed by atoms with E-state index in [1.165, 1.54) is 11.1 Å². The average molecular weight is 209 g/mol. The first-order valence-corrected chi connectivity index (χ1v) is 5.20. The molecule has 1 rings (SSSR count). The highest BCUT2D eigenvalue weighted by molar-refractivity contribution is 7.81. The van der Waals surface area contributed by atoms with Crippen LogP contribution in [0.4, 0.5) is 0 Å². The Morgan fingerprint density at radius 2 is 2.14 bits per heavy atom. The molecule has 0 saturated carbocycles. The molecule has 2 nitrogen and oxygen atoms in total. The van der Waals surface area contributed by atoms with Crippen LogP contribution in [0.1, 0.15) is 16.7 Å². The first-order chi connectivity index (χ1) is 6.63. The number of amides is 1. The van der Waals surface area contributed by atoms with Gasteiger partial charge in [0.2, 0.25) is 5.91 Å². The Balaban J connectivity index is 2.63. The average Bonchev–Trinajstić information content (AvgIpc) is 2.16. The van der Waals surface area contributed by atoms with Crippen molar-refractivity contribution in [1.82, 2.24) is 5.32 Å². The lowest BCUT2D eigenvalue weighted by Crippen LogP contribution is -2.24. The third-order valence-electron chi connectivity index (χ3n) is 2.12. The van der Waals surface area contributed by atoms with Crippen molar-refractivity contribution in [3.8, 4) is 0 Å². The number of carbonyl (C=O) groups excluding carboxylic acids is 1. The smallest absolute Gasteiger partial charge is 0.229 e. The number of hydrogen-bond acceptors (Lipinski definition) is 2. The van der Waals surface area contributed by atoms with E-state index in [2.05, 4.69) is 43.9 Å². The summed E-state index contributed by atoms with van der Waals surface area (Å²) in [6, 6.07) is 6.21. The van der Waals surface area contributed by atoms with Crippen molar-refractivity contribution in [1.29, 1.82) is 0 Å². The van der Waals surface area contributed by atoms with Gasteiger partial charge in [0.1, 0.15) is 0 Å². The standard InChI is InChI=1S/C11H15NOS/c1-8-3-4-10(9(2)5-8)6-12-11(13)7-14/h3-5,14H,6-7H2,1-2H3,(H,12,13). The second kappa shape index (κ2) is 5.05. The van der Waals surface area contributed by atoms with Gasteiger partial charge in [-0.1, -0.05) is 23.8 Å². The van der Waals surface area contributed by atoms with Gasteiger partial charge in [-0.2, -0.15) is 12.6 Å². The molecule has 0 unspecified atom stereocenters. The largest absolute Gasteiger partial charge is 0.351 e. The van der Waals surface area contributed by atoms with E-state index in [1.54, 1.807) is 0 Å². The molecule has 0 radical (unpaired) electrons. The molecule has 76 valence electrons. The second-order valence-electron chi connectivity index (χ2n) is 3.36. The maximum absolute atomic E-state index is 11.0. The number of thiol groups is 1. The quantitative estimate of drug-likeness (QED) is 0.731. The summed E-state index contributed by atoms with van der Waals surface area (Å²) < 4.78 is 0. The molecular weight excluding hydrogens is 194 g/mol. The molecule has 0 aliphatic heterocycles. The van der Waals surface area contributed by atoms with E-state index in [1.807, 2.05) is 6.07 Å². The van der Waals surface area contributed by atoms with E-state index in [4.69, 9.17) is 0 Å². The van der Waals surface area contributed by atoms with Gasteiger partial charge in [-0.3, -0.25) is 4.79 Å². The summed E-state index contributed by atoms with van der Waals surface area (Å²) in [6.07, 6.45) is 0. The minimum absolute atomic E-state index is 0.0340. The molecule has 1 aromatic rings. The van der Waals surface area contributed by atoms with Crippen LogP contribution >= 0.6 is 12.6 Å². The Morgan fingerprint density at radius 1 is 1.43 bits per heavy atom. The fraction of sp³-hybridized carbons (Fsp3) is 0.364. The summed E-state index contributed by atoms with van der Waals surface area (Å²) in [5.74, 6) is 0.207. The van der Waals surface area contributed by atoms with Crippen LogP contribution in [0, 0.1) is 13.8 Å². The normalized spacial score (nSPS) is 9.93. The minimum atomic E-state index is -0.0340. The summed E-state index contributed by atoms with van der Waals surface area (Å²) in [5, 5.41) is 2.79. The number of nitrogens with one attached hydrogen (secondary N) is 1. The number of hydrogen-bond donors (Lipinski definition) is 2. The molecular formula is C11H15NOS. The molecule has 0 heterocycles. The highest BCUT2D eigenvalue weighted by Gasteiger charge is 2.00. The Bertz CT molecular complexity index is 336. The highest BCUT2D eigenvalue weighted by Crippen LogP contribution is 2.09. The second-order valence-corrected chi connectivity index (χ2v) is 3.68. The van der Waals surface area contributed by atoms with Crippen molar-refractivity contribution in [3.63, 3.8) is 0 Å². The summed E-state index contributed by atoms with van der Waals surface area (Å²) >= 11 is 3.89. The van der Waals surface area contributed by atoms with Crippen molar-refractivity contribution in [3.05, 3.63) is 34.9 Å². The molecule has 0 saturated heterocycles. The van der Waals surface area contributed by atoms with Crippen molar-refractivity contribution in [2.45, 2.75) is 20.4 Å². The van der Waals surface area contributed by atoms with Gasteiger partial charge in [0, 0.05) is 6.54 Å². The van der Waals surface area contributed by atoms with E-state index in [0.717, 1.165) is 5.56 Å². The molecule has 1 amide bonds. The summed E-state index contributed by atoms with van der Waals surface area (Å²) in [6.45, 7) is 4.70. The molecule has 0 bridgehead atoms. The maximum Gasteiger partial charge on any atom is 0.229 e. The van der Waals surface area contributed by atoms with Crippen molar-refractivity contribution in [2.24, 2.45) is 0 Å². The van der Waals surface area contributed by atoms with Crippen LogP contribution in [0.3, 0.4) is 0 Å². The monoisotopic (exact) mass is 209 g/mol. The first kappa shape index (κ1) is 11.1. The third kappa shape index (κ3) is 3.07. The number of aryl methyl sites for hydroxylation is 2. The van der Waals surface area contributed by atoms with Crippen LogP contribution in [0.2, 0.25) is 0 Å². The zero-order chi connectivity index (χ0) is 10.6. The van der Waals surface area contributed by atoms with Gasteiger partial charge in [0.25, 0.3) is 0 Å². The minimum Gasteiger partial charge on any atom is -0.351 e. The Morgan fingerprint density at radius 3 is 2.71 bits per heavy atom. The molecule has 0 fully saturated rings. The van der Waals surface area contributed by atoms with Crippen LogP contribution < -0.4 is 5.32 Å². The molecule has 0 spiro atoms. The zero-order valence-corrected chi connectivity index (χ0v) is 9.40. The predicted molar refractivity (Wildman–Crippen MR) is 61.6 cm³/mol. The lowest BCUT2D eigenvalue weighted by Gasteiger charge is -2.07. The molecule has 1 N–H and O–H groups in total. The summed E-state index contributed by atoms with van der Waals surface area (Å²) in [5.41, 5.74) is 3.61. The van der Waals surface area contributed by atoms with Gasteiger partial charge in [-0.05, 0) is 25.0 Å². The Kier molecular flexibility index (Phi) is 4.01. The van der Waals surface area contributed by atoms with E-state index in [9.17, 15) is 4.79 Å². The lowest BCUT2D eigenvalue weighted by molar-refractivity contribution is -0.118.